The maximum atomic E-state index is 5.64. The van der Waals surface area contributed by atoms with Crippen LogP contribution in [0.15, 0.2) is 24.5 Å². The highest BCUT2D eigenvalue weighted by molar-refractivity contribution is 5.82. The lowest BCUT2D eigenvalue weighted by atomic mass is 10.2. The fraction of sp³-hybridized carbons (Fsp3) is 0.167. The standard InChI is InChI=1S/C12H12N6O/c1-2-19-11-10-9(17-12(13)18-11)4-3-8(16-10)7-5-14-15-6-7/h3-6H,2H2,1H3,(H,14,15)(H2,13,17,18). The van der Waals surface area contributed by atoms with E-state index in [1.807, 2.05) is 19.1 Å². The predicted octanol–water partition coefficient (Wildman–Crippen LogP) is 1.40. The average Bonchev–Trinajstić information content (AvgIpc) is 2.92. The van der Waals surface area contributed by atoms with E-state index in [0.29, 0.717) is 23.5 Å². The summed E-state index contributed by atoms with van der Waals surface area (Å²) in [5.41, 5.74) is 8.55. The summed E-state index contributed by atoms with van der Waals surface area (Å²) in [6, 6.07) is 3.70. The Bertz CT molecular complexity index is 710. The van der Waals surface area contributed by atoms with Crippen LogP contribution in [-0.4, -0.2) is 31.8 Å². The molecule has 0 bridgehead atoms. The lowest BCUT2D eigenvalue weighted by Crippen LogP contribution is -2.02. The van der Waals surface area contributed by atoms with Gasteiger partial charge in [-0.2, -0.15) is 10.1 Å². The molecule has 0 aromatic carbocycles. The van der Waals surface area contributed by atoms with E-state index in [-0.39, 0.29) is 5.95 Å². The first-order valence-electron chi connectivity index (χ1n) is 5.84. The van der Waals surface area contributed by atoms with Crippen LogP contribution in [0.1, 0.15) is 6.92 Å². The molecule has 0 unspecified atom stereocenters. The van der Waals surface area contributed by atoms with Gasteiger partial charge in [-0.15, -0.1) is 0 Å². The Balaban J connectivity index is 2.20. The number of nitrogens with two attached hydrogens (primary N) is 1. The Labute approximate surface area is 108 Å². The molecule has 0 aliphatic heterocycles. The van der Waals surface area contributed by atoms with Gasteiger partial charge < -0.3 is 10.5 Å². The van der Waals surface area contributed by atoms with Gasteiger partial charge in [0.1, 0.15) is 0 Å². The number of anilines is 1. The molecule has 0 saturated heterocycles. The van der Waals surface area contributed by atoms with Gasteiger partial charge in [-0.25, -0.2) is 9.97 Å². The summed E-state index contributed by atoms with van der Waals surface area (Å²) in [6.45, 7) is 2.37. The quantitative estimate of drug-likeness (QED) is 0.734. The second-order valence-electron chi connectivity index (χ2n) is 3.87. The number of nitrogen functional groups attached to an aromatic ring is 1. The van der Waals surface area contributed by atoms with Crippen molar-refractivity contribution in [2.45, 2.75) is 6.92 Å². The van der Waals surface area contributed by atoms with Gasteiger partial charge in [-0.1, -0.05) is 0 Å². The van der Waals surface area contributed by atoms with Crippen LogP contribution in [0, 0.1) is 0 Å². The van der Waals surface area contributed by atoms with Crippen LogP contribution in [0.3, 0.4) is 0 Å². The number of aromatic nitrogens is 5. The number of hydrogen-bond acceptors (Lipinski definition) is 6. The topological polar surface area (TPSA) is 103 Å². The summed E-state index contributed by atoms with van der Waals surface area (Å²) in [7, 11) is 0. The second-order valence-corrected chi connectivity index (χ2v) is 3.87. The fourth-order valence-corrected chi connectivity index (χ4v) is 1.79. The van der Waals surface area contributed by atoms with E-state index in [4.69, 9.17) is 10.5 Å². The van der Waals surface area contributed by atoms with Gasteiger partial charge in [0, 0.05) is 11.8 Å². The lowest BCUT2D eigenvalue weighted by molar-refractivity contribution is 0.330. The summed E-state index contributed by atoms with van der Waals surface area (Å²) in [5.74, 6) is 0.573. The van der Waals surface area contributed by atoms with Crippen LogP contribution in [0.5, 0.6) is 5.88 Å². The van der Waals surface area contributed by atoms with Crippen molar-refractivity contribution in [3.63, 3.8) is 0 Å². The third kappa shape index (κ3) is 2.05. The zero-order valence-corrected chi connectivity index (χ0v) is 10.3. The van der Waals surface area contributed by atoms with Crippen molar-refractivity contribution in [2.75, 3.05) is 12.3 Å². The molecular formula is C12H12N6O. The van der Waals surface area contributed by atoms with Crippen LogP contribution in [0.2, 0.25) is 0 Å². The maximum Gasteiger partial charge on any atom is 0.245 e. The van der Waals surface area contributed by atoms with Crippen LogP contribution in [-0.2, 0) is 0 Å². The van der Waals surface area contributed by atoms with Gasteiger partial charge in [0.2, 0.25) is 11.8 Å². The third-order valence-electron chi connectivity index (χ3n) is 2.60. The molecule has 0 fully saturated rings. The molecule has 0 atom stereocenters. The molecule has 0 amide bonds. The maximum absolute atomic E-state index is 5.64. The van der Waals surface area contributed by atoms with Crippen LogP contribution < -0.4 is 10.5 Å². The van der Waals surface area contributed by atoms with E-state index < -0.39 is 0 Å². The first-order valence-corrected chi connectivity index (χ1v) is 5.84. The minimum atomic E-state index is 0.175. The highest BCUT2D eigenvalue weighted by Crippen LogP contribution is 2.25. The van der Waals surface area contributed by atoms with Crippen molar-refractivity contribution in [2.24, 2.45) is 0 Å². The minimum absolute atomic E-state index is 0.175. The van der Waals surface area contributed by atoms with Crippen molar-refractivity contribution in [3.8, 4) is 17.1 Å². The molecule has 3 heterocycles. The first-order chi connectivity index (χ1) is 9.28. The van der Waals surface area contributed by atoms with Gasteiger partial charge in [-0.3, -0.25) is 5.10 Å². The van der Waals surface area contributed by atoms with E-state index in [1.165, 1.54) is 0 Å². The van der Waals surface area contributed by atoms with Gasteiger partial charge >= 0.3 is 0 Å². The minimum Gasteiger partial charge on any atom is -0.476 e. The Morgan fingerprint density at radius 2 is 2.16 bits per heavy atom. The zero-order valence-electron chi connectivity index (χ0n) is 10.3. The number of rotatable bonds is 3. The second kappa shape index (κ2) is 4.52. The number of aromatic amines is 1. The SMILES string of the molecule is CCOc1nc(N)nc2ccc(-c3cn[nH]c3)nc12. The zero-order chi connectivity index (χ0) is 13.2. The van der Waals surface area contributed by atoms with Crippen LogP contribution in [0.25, 0.3) is 22.3 Å². The fourth-order valence-electron chi connectivity index (χ4n) is 1.79. The molecule has 0 saturated carbocycles. The van der Waals surface area contributed by atoms with Crippen molar-refractivity contribution in [3.05, 3.63) is 24.5 Å². The van der Waals surface area contributed by atoms with Gasteiger partial charge in [0.05, 0.1) is 24.0 Å². The number of hydrogen-bond donors (Lipinski definition) is 2. The largest absolute Gasteiger partial charge is 0.476 e. The lowest BCUT2D eigenvalue weighted by Gasteiger charge is -2.07. The molecule has 0 aliphatic rings. The summed E-state index contributed by atoms with van der Waals surface area (Å²) < 4.78 is 5.46. The Kier molecular flexibility index (Phi) is 2.71. The average molecular weight is 256 g/mol. The number of ether oxygens (including phenoxy) is 1. The van der Waals surface area contributed by atoms with Crippen molar-refractivity contribution < 1.29 is 4.74 Å². The van der Waals surface area contributed by atoms with Gasteiger partial charge in [-0.05, 0) is 19.1 Å². The number of fused-ring (bicyclic) bond motifs is 1. The van der Waals surface area contributed by atoms with Crippen molar-refractivity contribution in [1.82, 2.24) is 25.1 Å². The molecule has 3 N–H and O–H groups in total. The Hall–Kier alpha value is -2.70. The van der Waals surface area contributed by atoms with Crippen molar-refractivity contribution in [1.29, 1.82) is 0 Å². The summed E-state index contributed by atoms with van der Waals surface area (Å²) in [6.07, 6.45) is 3.47. The first kappa shape index (κ1) is 11.4. The summed E-state index contributed by atoms with van der Waals surface area (Å²) >= 11 is 0. The Morgan fingerprint density at radius 1 is 1.26 bits per heavy atom. The summed E-state index contributed by atoms with van der Waals surface area (Å²) in [5, 5.41) is 6.66. The van der Waals surface area contributed by atoms with Crippen LogP contribution >= 0.6 is 0 Å². The number of nitrogens with zero attached hydrogens (tertiary/aromatic N) is 4. The summed E-state index contributed by atoms with van der Waals surface area (Å²) in [4.78, 5) is 12.7. The molecule has 0 radical (unpaired) electrons. The molecule has 0 aliphatic carbocycles. The van der Waals surface area contributed by atoms with E-state index in [0.717, 1.165) is 11.3 Å². The van der Waals surface area contributed by atoms with E-state index >= 15 is 0 Å². The van der Waals surface area contributed by atoms with Crippen molar-refractivity contribution >= 4 is 17.0 Å². The smallest absolute Gasteiger partial charge is 0.245 e. The molecule has 19 heavy (non-hydrogen) atoms. The van der Waals surface area contributed by atoms with Gasteiger partial charge in [0.25, 0.3) is 0 Å². The molecule has 3 aromatic heterocycles. The van der Waals surface area contributed by atoms with Gasteiger partial charge in [0.15, 0.2) is 5.52 Å². The highest BCUT2D eigenvalue weighted by atomic mass is 16.5. The molecule has 0 spiro atoms. The monoisotopic (exact) mass is 256 g/mol. The molecule has 7 heteroatoms. The van der Waals surface area contributed by atoms with E-state index in [2.05, 4.69) is 25.1 Å². The normalized spacial score (nSPS) is 10.8. The number of nitrogens with one attached hydrogen (secondary N) is 1. The molecule has 3 rings (SSSR count). The molecular weight excluding hydrogens is 244 g/mol. The Morgan fingerprint density at radius 3 is 2.89 bits per heavy atom. The number of pyridine rings is 1. The predicted molar refractivity (Wildman–Crippen MR) is 70.5 cm³/mol. The van der Waals surface area contributed by atoms with Crippen LogP contribution in [0.4, 0.5) is 5.95 Å². The molecule has 96 valence electrons. The third-order valence-corrected chi connectivity index (χ3v) is 2.60. The number of H-pyrrole nitrogens is 1. The molecule has 3 aromatic rings. The highest BCUT2D eigenvalue weighted by Gasteiger charge is 2.10. The van der Waals surface area contributed by atoms with E-state index in [9.17, 15) is 0 Å². The van der Waals surface area contributed by atoms with E-state index in [1.54, 1.807) is 12.4 Å². The molecule has 7 nitrogen and oxygen atoms in total.